The number of hydrogen-bond acceptors (Lipinski definition) is 4. The molecule has 2 unspecified atom stereocenters. The second-order valence-electron chi connectivity index (χ2n) is 9.75. The predicted molar refractivity (Wildman–Crippen MR) is 126 cm³/mol. The highest BCUT2D eigenvalue weighted by Gasteiger charge is 2.40. The van der Waals surface area contributed by atoms with Crippen LogP contribution in [0.1, 0.15) is 66.9 Å². The third-order valence-corrected chi connectivity index (χ3v) is 7.33. The van der Waals surface area contributed by atoms with Crippen molar-refractivity contribution in [3.8, 4) is 0 Å². The molecular formula is C25H29F3N6O2. The Morgan fingerprint density at radius 3 is 2.75 bits per heavy atom. The van der Waals surface area contributed by atoms with Gasteiger partial charge < -0.3 is 15.6 Å². The number of nitrogens with zero attached hydrogens (tertiary/aromatic N) is 3. The van der Waals surface area contributed by atoms with Gasteiger partial charge in [0.15, 0.2) is 5.82 Å². The van der Waals surface area contributed by atoms with Gasteiger partial charge in [-0.25, -0.2) is 18.2 Å². The highest BCUT2D eigenvalue weighted by Crippen LogP contribution is 2.41. The molecule has 1 aromatic carbocycles. The topological polar surface area (TPSA) is 105 Å². The maximum absolute atomic E-state index is 15.0. The van der Waals surface area contributed by atoms with Crippen molar-refractivity contribution in [3.63, 3.8) is 0 Å². The number of carbonyl (C=O) groups excluding carboxylic acids is 2. The first-order chi connectivity index (χ1) is 17.2. The average molecular weight is 503 g/mol. The fourth-order valence-corrected chi connectivity index (χ4v) is 5.34. The maximum Gasteiger partial charge on any atom is 0.270 e. The SMILES string of the molecule is CCn1nccc1C(=O)NC(c1nc2c(F)cc(CC3CCNC3=O)cc2[nH]1)C1CCC(F)(F)CC1. The van der Waals surface area contributed by atoms with Crippen LogP contribution in [0.4, 0.5) is 13.2 Å². The molecule has 36 heavy (non-hydrogen) atoms. The van der Waals surface area contributed by atoms with Crippen LogP contribution in [0.5, 0.6) is 0 Å². The lowest BCUT2D eigenvalue weighted by Crippen LogP contribution is -2.38. The smallest absolute Gasteiger partial charge is 0.270 e. The van der Waals surface area contributed by atoms with Crippen molar-refractivity contribution >= 4 is 22.8 Å². The molecule has 11 heteroatoms. The molecule has 1 aliphatic heterocycles. The van der Waals surface area contributed by atoms with Crippen LogP contribution in [-0.2, 0) is 17.8 Å². The summed E-state index contributed by atoms with van der Waals surface area (Å²) in [5, 5.41) is 9.87. The van der Waals surface area contributed by atoms with Crippen LogP contribution in [0.2, 0.25) is 0 Å². The van der Waals surface area contributed by atoms with Gasteiger partial charge in [-0.05, 0) is 62.3 Å². The van der Waals surface area contributed by atoms with Crippen LogP contribution in [0.25, 0.3) is 11.0 Å². The molecule has 3 heterocycles. The van der Waals surface area contributed by atoms with Gasteiger partial charge in [-0.1, -0.05) is 0 Å². The van der Waals surface area contributed by atoms with Crippen molar-refractivity contribution in [2.75, 3.05) is 6.54 Å². The summed E-state index contributed by atoms with van der Waals surface area (Å²) in [5.74, 6) is -3.87. The van der Waals surface area contributed by atoms with E-state index >= 15 is 4.39 Å². The van der Waals surface area contributed by atoms with E-state index in [2.05, 4.69) is 25.7 Å². The van der Waals surface area contributed by atoms with Crippen molar-refractivity contribution in [2.24, 2.45) is 11.8 Å². The lowest BCUT2D eigenvalue weighted by molar-refractivity contribution is -0.122. The van der Waals surface area contributed by atoms with Gasteiger partial charge in [0, 0.05) is 38.0 Å². The van der Waals surface area contributed by atoms with Crippen LogP contribution in [0.15, 0.2) is 24.4 Å². The molecule has 1 aliphatic carbocycles. The molecular weight excluding hydrogens is 473 g/mol. The minimum atomic E-state index is -2.73. The number of nitrogens with one attached hydrogen (secondary N) is 3. The number of amides is 2. The Kier molecular flexibility index (Phi) is 6.48. The first-order valence-electron chi connectivity index (χ1n) is 12.4. The molecule has 2 aliphatic rings. The molecule has 192 valence electrons. The molecule has 2 aromatic heterocycles. The Labute approximate surface area is 206 Å². The fourth-order valence-electron chi connectivity index (χ4n) is 5.34. The standard InChI is InChI=1S/C25H29F3N6O2/c1-2-34-19(6-10-30-34)24(36)33-20(15-3-7-25(27,28)8-4-15)22-31-18-13-14(12-17(26)21(18)32-22)11-16-5-9-29-23(16)35/h6,10,12-13,15-16,20H,2-5,7-9,11H2,1H3,(H,29,35)(H,31,32)(H,33,36). The number of alkyl halides is 2. The van der Waals surface area contributed by atoms with Gasteiger partial charge >= 0.3 is 0 Å². The van der Waals surface area contributed by atoms with Crippen molar-refractivity contribution in [1.82, 2.24) is 30.4 Å². The van der Waals surface area contributed by atoms with Gasteiger partial charge in [0.1, 0.15) is 17.0 Å². The number of aromatic nitrogens is 4. The Balaban J connectivity index is 1.46. The summed E-state index contributed by atoms with van der Waals surface area (Å²) in [6.45, 7) is 2.97. The second kappa shape index (κ2) is 9.59. The summed E-state index contributed by atoms with van der Waals surface area (Å²) in [6.07, 6.45) is 2.47. The number of aromatic amines is 1. The molecule has 2 amide bonds. The molecule has 8 nitrogen and oxygen atoms in total. The molecule has 1 saturated heterocycles. The normalized spacial score (nSPS) is 21.0. The van der Waals surface area contributed by atoms with Crippen LogP contribution in [0, 0.1) is 17.7 Å². The molecule has 5 rings (SSSR count). The number of imidazole rings is 1. The average Bonchev–Trinajstić information content (AvgIpc) is 3.58. The minimum Gasteiger partial charge on any atom is -0.356 e. The van der Waals surface area contributed by atoms with E-state index in [1.807, 2.05) is 6.92 Å². The Hall–Kier alpha value is -3.37. The number of benzene rings is 1. The largest absolute Gasteiger partial charge is 0.356 e. The highest BCUT2D eigenvalue weighted by molar-refractivity contribution is 5.92. The zero-order valence-corrected chi connectivity index (χ0v) is 20.0. The van der Waals surface area contributed by atoms with E-state index in [1.54, 1.807) is 16.8 Å². The molecule has 0 bridgehead atoms. The van der Waals surface area contributed by atoms with Crippen LogP contribution < -0.4 is 10.6 Å². The summed E-state index contributed by atoms with van der Waals surface area (Å²) >= 11 is 0. The Bertz CT molecular complexity index is 1280. The summed E-state index contributed by atoms with van der Waals surface area (Å²) in [4.78, 5) is 32.7. The van der Waals surface area contributed by atoms with Crippen LogP contribution in [-0.4, -0.2) is 44.0 Å². The Morgan fingerprint density at radius 2 is 2.06 bits per heavy atom. The monoisotopic (exact) mass is 502 g/mol. The van der Waals surface area contributed by atoms with E-state index in [4.69, 9.17) is 0 Å². The van der Waals surface area contributed by atoms with Crippen molar-refractivity contribution in [3.05, 3.63) is 47.3 Å². The van der Waals surface area contributed by atoms with Gasteiger partial charge in [-0.3, -0.25) is 14.3 Å². The zero-order chi connectivity index (χ0) is 25.4. The van der Waals surface area contributed by atoms with Gasteiger partial charge in [0.05, 0.1) is 11.6 Å². The van der Waals surface area contributed by atoms with Gasteiger partial charge in [0.2, 0.25) is 11.8 Å². The first kappa shape index (κ1) is 24.3. The maximum atomic E-state index is 15.0. The minimum absolute atomic E-state index is 0.0380. The van der Waals surface area contributed by atoms with E-state index < -0.39 is 23.7 Å². The second-order valence-corrected chi connectivity index (χ2v) is 9.75. The number of fused-ring (bicyclic) bond motifs is 1. The van der Waals surface area contributed by atoms with Gasteiger partial charge in [0.25, 0.3) is 5.91 Å². The van der Waals surface area contributed by atoms with E-state index in [1.165, 1.54) is 12.3 Å². The molecule has 2 atom stereocenters. The number of H-pyrrole nitrogens is 1. The first-order valence-corrected chi connectivity index (χ1v) is 12.4. The van der Waals surface area contributed by atoms with Crippen molar-refractivity contribution < 1.29 is 22.8 Å². The van der Waals surface area contributed by atoms with Crippen molar-refractivity contribution in [1.29, 1.82) is 0 Å². The fraction of sp³-hybridized carbons (Fsp3) is 0.520. The van der Waals surface area contributed by atoms with E-state index in [-0.39, 0.29) is 48.9 Å². The highest BCUT2D eigenvalue weighted by atomic mass is 19.3. The molecule has 0 radical (unpaired) electrons. The summed E-state index contributed by atoms with van der Waals surface area (Å²) in [6, 6.07) is 4.03. The zero-order valence-electron chi connectivity index (χ0n) is 20.0. The lowest BCUT2D eigenvalue weighted by atomic mass is 9.81. The van der Waals surface area contributed by atoms with Crippen molar-refractivity contribution in [2.45, 2.75) is 64.0 Å². The molecule has 3 N–H and O–H groups in total. The Morgan fingerprint density at radius 1 is 1.28 bits per heavy atom. The molecule has 2 fully saturated rings. The number of rotatable bonds is 7. The molecule has 3 aromatic rings. The third kappa shape index (κ3) is 4.83. The van der Waals surface area contributed by atoms with E-state index in [0.717, 1.165) is 0 Å². The quantitative estimate of drug-likeness (QED) is 0.456. The summed E-state index contributed by atoms with van der Waals surface area (Å²) < 4.78 is 44.4. The van der Waals surface area contributed by atoms with E-state index in [0.29, 0.717) is 48.5 Å². The number of halogens is 3. The van der Waals surface area contributed by atoms with Gasteiger partial charge in [-0.2, -0.15) is 5.10 Å². The molecule has 0 spiro atoms. The van der Waals surface area contributed by atoms with Crippen LogP contribution in [0.3, 0.4) is 0 Å². The van der Waals surface area contributed by atoms with Crippen LogP contribution >= 0.6 is 0 Å². The number of carbonyl (C=O) groups is 2. The number of hydrogen-bond donors (Lipinski definition) is 3. The van der Waals surface area contributed by atoms with E-state index in [9.17, 15) is 18.4 Å². The predicted octanol–water partition coefficient (Wildman–Crippen LogP) is 3.89. The van der Waals surface area contributed by atoms with Gasteiger partial charge in [-0.15, -0.1) is 0 Å². The lowest BCUT2D eigenvalue weighted by Gasteiger charge is -2.33. The third-order valence-electron chi connectivity index (χ3n) is 7.33. The number of aryl methyl sites for hydroxylation is 1. The molecule has 1 saturated carbocycles. The summed E-state index contributed by atoms with van der Waals surface area (Å²) in [7, 11) is 0. The summed E-state index contributed by atoms with van der Waals surface area (Å²) in [5.41, 5.74) is 1.58.